The molecule has 0 radical (unpaired) electrons. The number of aryl methyl sites for hydroxylation is 1. The summed E-state index contributed by atoms with van der Waals surface area (Å²) in [6, 6.07) is 3.62. The van der Waals surface area contributed by atoms with Crippen molar-refractivity contribution < 1.29 is 22.8 Å². The normalized spacial score (nSPS) is 16.2. The number of benzene rings is 1. The lowest BCUT2D eigenvalue weighted by molar-refractivity contribution is -0.139. The first-order valence-electron chi connectivity index (χ1n) is 6.33. The minimum absolute atomic E-state index is 0.0225. The SMILES string of the molecule is CC1=C(C)C(=O)N(Cc2ccc(C(F)(F)F)c(C)c2)C1=O. The molecule has 2 rings (SSSR count). The standard InChI is InChI=1S/C15H14F3NO2/c1-8-6-11(4-5-12(8)15(16,17)18)7-19-13(20)9(2)10(3)14(19)21/h4-6H,7H2,1-3H3. The van der Waals surface area contributed by atoms with Crippen molar-refractivity contribution >= 4 is 11.8 Å². The van der Waals surface area contributed by atoms with Gasteiger partial charge in [-0.05, 0) is 38.0 Å². The zero-order valence-electron chi connectivity index (χ0n) is 11.8. The average molecular weight is 297 g/mol. The first kappa shape index (κ1) is 15.3. The van der Waals surface area contributed by atoms with Crippen molar-refractivity contribution in [2.45, 2.75) is 33.5 Å². The van der Waals surface area contributed by atoms with Crippen LogP contribution in [0, 0.1) is 6.92 Å². The second-order valence-corrected chi connectivity index (χ2v) is 5.09. The Morgan fingerprint density at radius 2 is 1.52 bits per heavy atom. The number of nitrogens with zero attached hydrogens (tertiary/aromatic N) is 1. The molecule has 0 fully saturated rings. The van der Waals surface area contributed by atoms with E-state index in [0.29, 0.717) is 16.7 Å². The van der Waals surface area contributed by atoms with E-state index in [1.165, 1.54) is 19.1 Å². The van der Waals surface area contributed by atoms with Crippen LogP contribution in [-0.2, 0) is 22.3 Å². The van der Waals surface area contributed by atoms with Gasteiger partial charge in [-0.2, -0.15) is 13.2 Å². The molecule has 0 aromatic heterocycles. The Hall–Kier alpha value is -2.11. The van der Waals surface area contributed by atoms with Gasteiger partial charge in [0.25, 0.3) is 11.8 Å². The molecule has 6 heteroatoms. The summed E-state index contributed by atoms with van der Waals surface area (Å²) in [5.74, 6) is -0.787. The molecule has 112 valence electrons. The van der Waals surface area contributed by atoms with Crippen molar-refractivity contribution in [1.82, 2.24) is 4.90 Å². The Morgan fingerprint density at radius 1 is 1.00 bits per heavy atom. The molecule has 21 heavy (non-hydrogen) atoms. The van der Waals surface area contributed by atoms with Crippen molar-refractivity contribution in [3.8, 4) is 0 Å². The minimum Gasteiger partial charge on any atom is -0.270 e. The third-order valence-electron chi connectivity index (χ3n) is 3.63. The van der Waals surface area contributed by atoms with Gasteiger partial charge in [0.15, 0.2) is 0 Å². The molecule has 0 saturated heterocycles. The fraction of sp³-hybridized carbons (Fsp3) is 0.333. The molecule has 0 N–H and O–H groups in total. The summed E-state index contributed by atoms with van der Waals surface area (Å²) >= 11 is 0. The van der Waals surface area contributed by atoms with Gasteiger partial charge >= 0.3 is 6.18 Å². The Bertz CT molecular complexity index is 635. The van der Waals surface area contributed by atoms with Crippen molar-refractivity contribution in [3.63, 3.8) is 0 Å². The van der Waals surface area contributed by atoms with Gasteiger partial charge in [0.1, 0.15) is 0 Å². The lowest BCUT2D eigenvalue weighted by Gasteiger charge is -2.17. The number of hydrogen-bond acceptors (Lipinski definition) is 2. The Kier molecular flexibility index (Phi) is 3.65. The number of carbonyl (C=O) groups excluding carboxylic acids is 2. The molecular weight excluding hydrogens is 283 g/mol. The Morgan fingerprint density at radius 3 is 1.95 bits per heavy atom. The highest BCUT2D eigenvalue weighted by atomic mass is 19.4. The fourth-order valence-electron chi connectivity index (χ4n) is 2.29. The second kappa shape index (κ2) is 5.02. The van der Waals surface area contributed by atoms with Gasteiger partial charge in [-0.15, -0.1) is 0 Å². The third kappa shape index (κ3) is 2.70. The number of amides is 2. The monoisotopic (exact) mass is 297 g/mol. The molecule has 0 bridgehead atoms. The molecule has 1 heterocycles. The van der Waals surface area contributed by atoms with Gasteiger partial charge in [0.2, 0.25) is 0 Å². The first-order valence-corrected chi connectivity index (χ1v) is 6.33. The lowest BCUT2D eigenvalue weighted by atomic mass is 10.0. The number of rotatable bonds is 2. The minimum atomic E-state index is -4.41. The molecule has 0 aliphatic carbocycles. The third-order valence-corrected chi connectivity index (χ3v) is 3.63. The summed E-state index contributed by atoms with van der Waals surface area (Å²) in [7, 11) is 0. The molecule has 0 atom stereocenters. The molecular formula is C15H14F3NO2. The highest BCUT2D eigenvalue weighted by Crippen LogP contribution is 2.32. The van der Waals surface area contributed by atoms with Gasteiger partial charge in [-0.3, -0.25) is 14.5 Å². The maximum atomic E-state index is 12.7. The van der Waals surface area contributed by atoms with Gasteiger partial charge in [-0.25, -0.2) is 0 Å². The molecule has 0 unspecified atom stereocenters. The highest BCUT2D eigenvalue weighted by molar-refractivity contribution is 6.18. The van der Waals surface area contributed by atoms with Crippen molar-refractivity contribution in [2.75, 3.05) is 0 Å². The van der Waals surface area contributed by atoms with Gasteiger partial charge in [-0.1, -0.05) is 12.1 Å². The quantitative estimate of drug-likeness (QED) is 0.786. The molecule has 3 nitrogen and oxygen atoms in total. The molecule has 1 aliphatic rings. The predicted octanol–water partition coefficient (Wildman–Crippen LogP) is 3.22. The zero-order chi connectivity index (χ0) is 15.9. The van der Waals surface area contributed by atoms with Crippen molar-refractivity contribution in [2.24, 2.45) is 0 Å². The van der Waals surface area contributed by atoms with Crippen LogP contribution >= 0.6 is 0 Å². The first-order chi connectivity index (χ1) is 9.62. The average Bonchev–Trinajstić information content (AvgIpc) is 2.55. The predicted molar refractivity (Wildman–Crippen MR) is 70.1 cm³/mol. The van der Waals surface area contributed by atoms with E-state index in [4.69, 9.17) is 0 Å². The summed E-state index contributed by atoms with van der Waals surface area (Å²) in [5.41, 5.74) is 0.605. The van der Waals surface area contributed by atoms with Crippen LogP contribution in [0.25, 0.3) is 0 Å². The van der Waals surface area contributed by atoms with E-state index in [1.54, 1.807) is 13.8 Å². The molecule has 2 amide bonds. The van der Waals surface area contributed by atoms with Crippen LogP contribution in [0.2, 0.25) is 0 Å². The van der Waals surface area contributed by atoms with Crippen LogP contribution in [0.4, 0.5) is 13.2 Å². The smallest absolute Gasteiger partial charge is 0.270 e. The topological polar surface area (TPSA) is 37.4 Å². The van der Waals surface area contributed by atoms with E-state index in [0.717, 1.165) is 11.0 Å². The van der Waals surface area contributed by atoms with Crippen LogP contribution in [0.1, 0.15) is 30.5 Å². The maximum Gasteiger partial charge on any atom is 0.416 e. The van der Waals surface area contributed by atoms with E-state index in [-0.39, 0.29) is 12.1 Å². The van der Waals surface area contributed by atoms with Crippen LogP contribution < -0.4 is 0 Å². The number of alkyl halides is 3. The number of halogens is 3. The van der Waals surface area contributed by atoms with Crippen LogP contribution in [0.15, 0.2) is 29.3 Å². The largest absolute Gasteiger partial charge is 0.416 e. The summed E-state index contributed by atoms with van der Waals surface area (Å²) < 4.78 is 38.1. The fourth-order valence-corrected chi connectivity index (χ4v) is 2.29. The van der Waals surface area contributed by atoms with Crippen molar-refractivity contribution in [1.29, 1.82) is 0 Å². The summed E-state index contributed by atoms with van der Waals surface area (Å²) in [4.78, 5) is 24.9. The van der Waals surface area contributed by atoms with E-state index < -0.39 is 23.6 Å². The lowest BCUT2D eigenvalue weighted by Crippen LogP contribution is -2.31. The zero-order valence-corrected chi connectivity index (χ0v) is 11.8. The second-order valence-electron chi connectivity index (χ2n) is 5.09. The molecule has 1 aromatic rings. The number of hydrogen-bond donors (Lipinski definition) is 0. The van der Waals surface area contributed by atoms with E-state index in [2.05, 4.69) is 0 Å². The van der Waals surface area contributed by atoms with E-state index in [9.17, 15) is 22.8 Å². The van der Waals surface area contributed by atoms with E-state index in [1.807, 2.05) is 0 Å². The highest BCUT2D eigenvalue weighted by Gasteiger charge is 2.34. The van der Waals surface area contributed by atoms with Gasteiger partial charge < -0.3 is 0 Å². The molecule has 1 aromatic carbocycles. The van der Waals surface area contributed by atoms with Gasteiger partial charge in [0.05, 0.1) is 12.1 Å². The summed E-state index contributed by atoms with van der Waals surface area (Å²) in [5, 5.41) is 0. The summed E-state index contributed by atoms with van der Waals surface area (Å²) in [6.07, 6.45) is -4.41. The van der Waals surface area contributed by atoms with Crippen LogP contribution in [-0.4, -0.2) is 16.7 Å². The maximum absolute atomic E-state index is 12.7. The number of imide groups is 1. The number of carbonyl (C=O) groups is 2. The van der Waals surface area contributed by atoms with Crippen LogP contribution in [0.3, 0.4) is 0 Å². The van der Waals surface area contributed by atoms with Crippen molar-refractivity contribution in [3.05, 3.63) is 46.0 Å². The molecule has 1 aliphatic heterocycles. The van der Waals surface area contributed by atoms with E-state index >= 15 is 0 Å². The van der Waals surface area contributed by atoms with Gasteiger partial charge in [0, 0.05) is 11.1 Å². The Balaban J connectivity index is 2.25. The van der Waals surface area contributed by atoms with Crippen LogP contribution in [0.5, 0.6) is 0 Å². The Labute approximate surface area is 120 Å². The molecule has 0 spiro atoms. The summed E-state index contributed by atoms with van der Waals surface area (Å²) in [6.45, 7) is 4.46. The molecule has 0 saturated carbocycles.